The molecule has 0 atom stereocenters. The van der Waals surface area contributed by atoms with Crippen LogP contribution in [0.15, 0.2) is 53.4 Å². The lowest BCUT2D eigenvalue weighted by molar-refractivity contribution is 0.0950. The molecule has 0 unspecified atom stereocenters. The fraction of sp³-hybridized carbons (Fsp3) is 0.278. The van der Waals surface area contributed by atoms with Crippen LogP contribution in [0.3, 0.4) is 0 Å². The topological polar surface area (TPSA) is 84.5 Å². The molecule has 0 saturated heterocycles. The minimum Gasteiger partial charge on any atom is -0.495 e. The molecule has 2 aromatic rings. The standard InChI is InChI=1S/C18H22N2O4S/c1-13(2)20-25(22,23)17-11-15(9-10-16(17)24-3)18(21)19-12-14-7-5-4-6-8-14/h4-11,13,20H,12H2,1-3H3,(H,19,21). The summed E-state index contributed by atoms with van der Waals surface area (Å²) in [5.41, 5.74) is 1.21. The van der Waals surface area contributed by atoms with Gasteiger partial charge in [-0.15, -0.1) is 0 Å². The van der Waals surface area contributed by atoms with E-state index in [-0.39, 0.29) is 28.2 Å². The molecule has 0 radical (unpaired) electrons. The number of hydrogen-bond donors (Lipinski definition) is 2. The number of amides is 1. The van der Waals surface area contributed by atoms with E-state index in [0.717, 1.165) is 5.56 Å². The van der Waals surface area contributed by atoms with Crippen LogP contribution in [-0.4, -0.2) is 27.5 Å². The second kappa shape index (κ2) is 8.13. The molecule has 2 aromatic carbocycles. The van der Waals surface area contributed by atoms with E-state index < -0.39 is 10.0 Å². The van der Waals surface area contributed by atoms with Gasteiger partial charge in [0.2, 0.25) is 10.0 Å². The van der Waals surface area contributed by atoms with Crippen LogP contribution in [-0.2, 0) is 16.6 Å². The van der Waals surface area contributed by atoms with Gasteiger partial charge in [0.15, 0.2) is 0 Å². The minimum atomic E-state index is -3.78. The van der Waals surface area contributed by atoms with Crippen molar-refractivity contribution in [3.8, 4) is 5.75 Å². The molecule has 6 nitrogen and oxygen atoms in total. The van der Waals surface area contributed by atoms with Crippen LogP contribution in [0.2, 0.25) is 0 Å². The molecule has 1 amide bonds. The summed E-state index contributed by atoms with van der Waals surface area (Å²) in [5.74, 6) is -0.166. The molecule has 0 aliphatic carbocycles. The van der Waals surface area contributed by atoms with Crippen molar-refractivity contribution in [2.45, 2.75) is 31.3 Å². The first-order chi connectivity index (χ1) is 11.8. The van der Waals surface area contributed by atoms with Crippen molar-refractivity contribution in [1.29, 1.82) is 0 Å². The third-order valence-electron chi connectivity index (χ3n) is 3.40. The van der Waals surface area contributed by atoms with Gasteiger partial charge in [0, 0.05) is 18.2 Å². The Morgan fingerprint density at radius 2 is 1.80 bits per heavy atom. The van der Waals surface area contributed by atoms with Crippen LogP contribution >= 0.6 is 0 Å². The molecule has 2 rings (SSSR count). The highest BCUT2D eigenvalue weighted by atomic mass is 32.2. The zero-order chi connectivity index (χ0) is 18.4. The van der Waals surface area contributed by atoms with Crippen LogP contribution in [0.5, 0.6) is 5.75 Å². The number of ether oxygens (including phenoxy) is 1. The molecule has 25 heavy (non-hydrogen) atoms. The average Bonchev–Trinajstić information content (AvgIpc) is 2.59. The normalized spacial score (nSPS) is 11.4. The highest BCUT2D eigenvalue weighted by molar-refractivity contribution is 7.89. The molecule has 0 heterocycles. The number of benzene rings is 2. The van der Waals surface area contributed by atoms with Crippen molar-refractivity contribution in [3.05, 3.63) is 59.7 Å². The summed E-state index contributed by atoms with van der Waals surface area (Å²) in [7, 11) is -2.39. The first-order valence-corrected chi connectivity index (χ1v) is 9.34. The molecule has 7 heteroatoms. The number of methoxy groups -OCH3 is 1. The number of hydrogen-bond acceptors (Lipinski definition) is 4. The lowest BCUT2D eigenvalue weighted by atomic mass is 10.2. The predicted molar refractivity (Wildman–Crippen MR) is 96.1 cm³/mol. The van der Waals surface area contributed by atoms with E-state index in [1.807, 2.05) is 30.3 Å². The Morgan fingerprint density at radius 1 is 1.12 bits per heavy atom. The van der Waals surface area contributed by atoms with Gasteiger partial charge in [0.25, 0.3) is 5.91 Å². The summed E-state index contributed by atoms with van der Waals surface area (Å²) in [6.07, 6.45) is 0. The van der Waals surface area contributed by atoms with Crippen molar-refractivity contribution < 1.29 is 17.9 Å². The summed E-state index contributed by atoms with van der Waals surface area (Å²) >= 11 is 0. The molecule has 0 bridgehead atoms. The van der Waals surface area contributed by atoms with Gasteiger partial charge in [0.05, 0.1) is 7.11 Å². The maximum atomic E-state index is 12.5. The van der Waals surface area contributed by atoms with E-state index in [4.69, 9.17) is 4.74 Å². The molecule has 0 fully saturated rings. The second-order valence-corrected chi connectivity index (χ2v) is 7.49. The number of sulfonamides is 1. The minimum absolute atomic E-state index is 0.0592. The van der Waals surface area contributed by atoms with Gasteiger partial charge >= 0.3 is 0 Å². The van der Waals surface area contributed by atoms with Gasteiger partial charge in [-0.2, -0.15) is 0 Å². The number of rotatable bonds is 7. The Balaban J connectivity index is 2.24. The maximum Gasteiger partial charge on any atom is 0.251 e. The van der Waals surface area contributed by atoms with Crippen LogP contribution in [0.4, 0.5) is 0 Å². The Bertz CT molecular complexity index is 833. The van der Waals surface area contributed by atoms with Crippen LogP contribution in [0.25, 0.3) is 0 Å². The van der Waals surface area contributed by atoms with E-state index in [0.29, 0.717) is 6.54 Å². The Kier molecular flexibility index (Phi) is 6.17. The third kappa shape index (κ3) is 5.04. The molecule has 0 saturated carbocycles. The number of carbonyl (C=O) groups is 1. The van der Waals surface area contributed by atoms with Crippen LogP contribution < -0.4 is 14.8 Å². The van der Waals surface area contributed by atoms with E-state index in [1.165, 1.54) is 25.3 Å². The number of nitrogens with one attached hydrogen (secondary N) is 2. The number of carbonyl (C=O) groups excluding carboxylic acids is 1. The lowest BCUT2D eigenvalue weighted by Crippen LogP contribution is -2.31. The van der Waals surface area contributed by atoms with Gasteiger partial charge in [-0.1, -0.05) is 30.3 Å². The van der Waals surface area contributed by atoms with Gasteiger partial charge in [-0.25, -0.2) is 13.1 Å². The van der Waals surface area contributed by atoms with Gasteiger partial charge in [0.1, 0.15) is 10.6 Å². The zero-order valence-electron chi connectivity index (χ0n) is 14.4. The summed E-state index contributed by atoms with van der Waals surface area (Å²) < 4.78 is 32.5. The Labute approximate surface area is 148 Å². The van der Waals surface area contributed by atoms with E-state index in [9.17, 15) is 13.2 Å². The summed E-state index contributed by atoms with van der Waals surface area (Å²) in [5, 5.41) is 2.78. The van der Waals surface area contributed by atoms with Crippen molar-refractivity contribution in [1.82, 2.24) is 10.0 Å². The van der Waals surface area contributed by atoms with E-state index in [1.54, 1.807) is 13.8 Å². The quantitative estimate of drug-likeness (QED) is 0.792. The predicted octanol–water partition coefficient (Wildman–Crippen LogP) is 2.31. The average molecular weight is 362 g/mol. The maximum absolute atomic E-state index is 12.5. The van der Waals surface area contributed by atoms with Crippen LogP contribution in [0, 0.1) is 0 Å². The first-order valence-electron chi connectivity index (χ1n) is 7.86. The molecule has 2 N–H and O–H groups in total. The molecule has 0 aromatic heterocycles. The largest absolute Gasteiger partial charge is 0.495 e. The second-order valence-electron chi connectivity index (χ2n) is 5.81. The third-order valence-corrected chi connectivity index (χ3v) is 5.08. The molecule has 0 aliphatic rings. The van der Waals surface area contributed by atoms with Gasteiger partial charge in [-0.3, -0.25) is 4.79 Å². The molecular formula is C18H22N2O4S. The summed E-state index contributed by atoms with van der Waals surface area (Å²) in [6, 6.07) is 13.5. The van der Waals surface area contributed by atoms with Crippen LogP contribution in [0.1, 0.15) is 29.8 Å². The monoisotopic (exact) mass is 362 g/mol. The van der Waals surface area contributed by atoms with E-state index >= 15 is 0 Å². The van der Waals surface area contributed by atoms with Crippen molar-refractivity contribution in [3.63, 3.8) is 0 Å². The summed E-state index contributed by atoms with van der Waals surface area (Å²) in [6.45, 7) is 3.80. The van der Waals surface area contributed by atoms with Gasteiger partial charge in [-0.05, 0) is 37.6 Å². The van der Waals surface area contributed by atoms with Crippen molar-refractivity contribution >= 4 is 15.9 Å². The molecule has 0 aliphatic heterocycles. The fourth-order valence-electron chi connectivity index (χ4n) is 2.28. The fourth-order valence-corrected chi connectivity index (χ4v) is 3.73. The highest BCUT2D eigenvalue weighted by Gasteiger charge is 2.22. The van der Waals surface area contributed by atoms with Gasteiger partial charge < -0.3 is 10.1 Å². The molecular weight excluding hydrogens is 340 g/mol. The first kappa shape index (κ1) is 19.0. The zero-order valence-corrected chi connectivity index (χ0v) is 15.3. The molecule has 0 spiro atoms. The van der Waals surface area contributed by atoms with Crippen molar-refractivity contribution in [2.75, 3.05) is 7.11 Å². The Hall–Kier alpha value is -2.38. The Morgan fingerprint density at radius 3 is 2.40 bits per heavy atom. The smallest absolute Gasteiger partial charge is 0.251 e. The molecule has 134 valence electrons. The summed E-state index contributed by atoms with van der Waals surface area (Å²) in [4.78, 5) is 12.3. The highest BCUT2D eigenvalue weighted by Crippen LogP contribution is 2.25. The SMILES string of the molecule is COc1ccc(C(=O)NCc2ccccc2)cc1S(=O)(=O)NC(C)C. The lowest BCUT2D eigenvalue weighted by Gasteiger charge is -2.14. The van der Waals surface area contributed by atoms with Crippen molar-refractivity contribution in [2.24, 2.45) is 0 Å². The van der Waals surface area contributed by atoms with E-state index in [2.05, 4.69) is 10.0 Å².